The summed E-state index contributed by atoms with van der Waals surface area (Å²) in [4.78, 5) is 7.85. The van der Waals surface area contributed by atoms with Gasteiger partial charge in [0, 0.05) is 12.3 Å². The monoisotopic (exact) mass is 233 g/mol. The van der Waals surface area contributed by atoms with E-state index in [2.05, 4.69) is 15.3 Å². The number of benzene rings is 1. The van der Waals surface area contributed by atoms with Crippen molar-refractivity contribution in [2.75, 3.05) is 12.4 Å². The van der Waals surface area contributed by atoms with E-state index in [9.17, 15) is 4.39 Å². The van der Waals surface area contributed by atoms with Gasteiger partial charge in [-0.25, -0.2) is 14.4 Å². The van der Waals surface area contributed by atoms with Gasteiger partial charge < -0.3 is 10.1 Å². The van der Waals surface area contributed by atoms with Crippen molar-refractivity contribution in [3.8, 4) is 5.75 Å². The van der Waals surface area contributed by atoms with Gasteiger partial charge in [-0.1, -0.05) is 0 Å². The summed E-state index contributed by atoms with van der Waals surface area (Å²) in [5, 5.41) is 2.96. The minimum atomic E-state index is -0.320. The third-order valence-electron chi connectivity index (χ3n) is 2.28. The van der Waals surface area contributed by atoms with Gasteiger partial charge in [-0.3, -0.25) is 0 Å². The van der Waals surface area contributed by atoms with Crippen molar-refractivity contribution in [1.82, 2.24) is 9.97 Å². The van der Waals surface area contributed by atoms with Crippen LogP contribution in [0.15, 0.2) is 36.8 Å². The maximum absolute atomic E-state index is 13.5. The van der Waals surface area contributed by atoms with Crippen LogP contribution in [0.4, 0.5) is 10.1 Å². The van der Waals surface area contributed by atoms with E-state index in [-0.39, 0.29) is 5.82 Å². The van der Waals surface area contributed by atoms with Crippen molar-refractivity contribution in [2.24, 2.45) is 0 Å². The smallest absolute Gasteiger partial charge is 0.146 e. The van der Waals surface area contributed by atoms with Crippen LogP contribution in [0.2, 0.25) is 0 Å². The molecule has 0 saturated heterocycles. The lowest BCUT2D eigenvalue weighted by Crippen LogP contribution is -2.03. The summed E-state index contributed by atoms with van der Waals surface area (Å²) >= 11 is 0. The molecule has 1 aromatic carbocycles. The highest BCUT2D eigenvalue weighted by atomic mass is 19.1. The average Bonchev–Trinajstić information content (AvgIpc) is 2.39. The number of halogens is 1. The highest BCUT2D eigenvalue weighted by molar-refractivity contribution is 5.49. The normalized spacial score (nSPS) is 10.0. The molecule has 0 aliphatic heterocycles. The van der Waals surface area contributed by atoms with Gasteiger partial charge in [0.2, 0.25) is 0 Å². The first kappa shape index (κ1) is 11.3. The fraction of sp³-hybridized carbons (Fsp3) is 0.167. The number of rotatable bonds is 4. The van der Waals surface area contributed by atoms with Crippen LogP contribution in [0.1, 0.15) is 5.69 Å². The number of anilines is 1. The Hall–Kier alpha value is -2.17. The fourth-order valence-corrected chi connectivity index (χ4v) is 1.38. The molecule has 0 unspecified atom stereocenters. The van der Waals surface area contributed by atoms with Gasteiger partial charge in [0.05, 0.1) is 25.0 Å². The van der Waals surface area contributed by atoms with Gasteiger partial charge in [-0.05, 0) is 18.2 Å². The zero-order valence-electron chi connectivity index (χ0n) is 9.35. The highest BCUT2D eigenvalue weighted by Gasteiger charge is 2.03. The second-order valence-corrected chi connectivity index (χ2v) is 3.40. The molecule has 0 radical (unpaired) electrons. The fourth-order valence-electron chi connectivity index (χ4n) is 1.38. The summed E-state index contributed by atoms with van der Waals surface area (Å²) in [7, 11) is 1.54. The molecule has 1 heterocycles. The Labute approximate surface area is 98.5 Å². The Bertz CT molecular complexity index is 490. The predicted octanol–water partition coefficient (Wildman–Crippen LogP) is 2.24. The zero-order chi connectivity index (χ0) is 12.1. The first-order valence-corrected chi connectivity index (χ1v) is 5.12. The van der Waals surface area contributed by atoms with Gasteiger partial charge in [0.25, 0.3) is 0 Å². The van der Waals surface area contributed by atoms with Crippen LogP contribution in [0, 0.1) is 5.82 Å². The van der Waals surface area contributed by atoms with Crippen molar-refractivity contribution in [2.45, 2.75) is 6.54 Å². The third kappa shape index (κ3) is 2.90. The van der Waals surface area contributed by atoms with E-state index in [0.717, 1.165) is 5.69 Å². The van der Waals surface area contributed by atoms with Crippen LogP contribution in [-0.2, 0) is 6.54 Å². The van der Waals surface area contributed by atoms with Crippen molar-refractivity contribution < 1.29 is 9.13 Å². The predicted molar refractivity (Wildman–Crippen MR) is 62.3 cm³/mol. The molecule has 0 aliphatic rings. The summed E-state index contributed by atoms with van der Waals surface area (Å²) in [5.74, 6) is 0.288. The lowest BCUT2D eigenvalue weighted by molar-refractivity contribution is 0.414. The lowest BCUT2D eigenvalue weighted by Gasteiger charge is -2.08. The molecule has 5 heteroatoms. The largest absolute Gasteiger partial charge is 0.497 e. The topological polar surface area (TPSA) is 47.0 Å². The quantitative estimate of drug-likeness (QED) is 0.879. The first-order valence-electron chi connectivity index (χ1n) is 5.12. The molecule has 0 amide bonds. The van der Waals surface area contributed by atoms with E-state index < -0.39 is 0 Å². The number of nitrogens with one attached hydrogen (secondary N) is 1. The average molecular weight is 233 g/mol. The Kier molecular flexibility index (Phi) is 3.49. The summed E-state index contributed by atoms with van der Waals surface area (Å²) in [6.45, 7) is 0.437. The molecular formula is C12H12FN3O. The first-order chi connectivity index (χ1) is 8.29. The lowest BCUT2D eigenvalue weighted by atomic mass is 10.2. The van der Waals surface area contributed by atoms with Crippen molar-refractivity contribution in [3.63, 3.8) is 0 Å². The molecule has 1 N–H and O–H groups in total. The molecule has 17 heavy (non-hydrogen) atoms. The number of aromatic nitrogens is 2. The minimum Gasteiger partial charge on any atom is -0.497 e. The maximum atomic E-state index is 13.5. The van der Waals surface area contributed by atoms with Crippen molar-refractivity contribution in [1.29, 1.82) is 0 Å². The number of ether oxygens (including phenoxy) is 1. The molecule has 4 nitrogen and oxygen atoms in total. The van der Waals surface area contributed by atoms with E-state index >= 15 is 0 Å². The van der Waals surface area contributed by atoms with E-state index in [1.165, 1.54) is 12.4 Å². The molecule has 1 aromatic heterocycles. The van der Waals surface area contributed by atoms with Gasteiger partial charge in [0.1, 0.15) is 17.9 Å². The molecule has 0 bridgehead atoms. The SMILES string of the molecule is COc1ccc(F)c(NCc2ccncn2)c1. The zero-order valence-corrected chi connectivity index (χ0v) is 9.35. The summed E-state index contributed by atoms with van der Waals surface area (Å²) in [5.41, 5.74) is 1.19. The molecule has 2 rings (SSSR count). The van der Waals surface area contributed by atoms with E-state index in [0.29, 0.717) is 18.0 Å². The number of hydrogen-bond donors (Lipinski definition) is 1. The standard InChI is InChI=1S/C12H12FN3O/c1-17-10-2-3-11(13)12(6-10)15-7-9-4-5-14-8-16-9/h2-6,8,15H,7H2,1H3. The third-order valence-corrected chi connectivity index (χ3v) is 2.28. The summed E-state index contributed by atoms with van der Waals surface area (Å²) in [6.07, 6.45) is 3.10. The van der Waals surface area contributed by atoms with Gasteiger partial charge in [-0.2, -0.15) is 0 Å². The molecule has 0 atom stereocenters. The van der Waals surface area contributed by atoms with Crippen LogP contribution in [0.25, 0.3) is 0 Å². The second-order valence-electron chi connectivity index (χ2n) is 3.40. The van der Waals surface area contributed by atoms with Crippen LogP contribution < -0.4 is 10.1 Å². The highest BCUT2D eigenvalue weighted by Crippen LogP contribution is 2.21. The molecule has 0 saturated carbocycles. The molecule has 0 spiro atoms. The Balaban J connectivity index is 2.08. The number of nitrogens with zero attached hydrogens (tertiary/aromatic N) is 2. The van der Waals surface area contributed by atoms with Gasteiger partial charge in [-0.15, -0.1) is 0 Å². The molecule has 0 aliphatic carbocycles. The number of hydrogen-bond acceptors (Lipinski definition) is 4. The molecule has 2 aromatic rings. The van der Waals surface area contributed by atoms with Crippen LogP contribution in [-0.4, -0.2) is 17.1 Å². The molecular weight excluding hydrogens is 221 g/mol. The minimum absolute atomic E-state index is 0.320. The van der Waals surface area contributed by atoms with Crippen LogP contribution >= 0.6 is 0 Å². The maximum Gasteiger partial charge on any atom is 0.146 e. The van der Waals surface area contributed by atoms with Crippen LogP contribution in [0.5, 0.6) is 5.75 Å². The number of methoxy groups -OCH3 is 1. The second kappa shape index (κ2) is 5.25. The Morgan fingerprint density at radius 2 is 2.24 bits per heavy atom. The van der Waals surface area contributed by atoms with Gasteiger partial charge >= 0.3 is 0 Å². The van der Waals surface area contributed by atoms with Crippen molar-refractivity contribution >= 4 is 5.69 Å². The van der Waals surface area contributed by atoms with Crippen molar-refractivity contribution in [3.05, 3.63) is 48.3 Å². The Morgan fingerprint density at radius 3 is 2.94 bits per heavy atom. The summed E-state index contributed by atoms with van der Waals surface area (Å²) < 4.78 is 18.5. The summed E-state index contributed by atoms with van der Waals surface area (Å²) in [6, 6.07) is 6.31. The molecule has 0 fully saturated rings. The molecule has 88 valence electrons. The van der Waals surface area contributed by atoms with E-state index in [1.807, 2.05) is 0 Å². The van der Waals surface area contributed by atoms with Crippen LogP contribution in [0.3, 0.4) is 0 Å². The van der Waals surface area contributed by atoms with E-state index in [1.54, 1.807) is 31.5 Å². The van der Waals surface area contributed by atoms with Gasteiger partial charge in [0.15, 0.2) is 0 Å². The Morgan fingerprint density at radius 1 is 1.35 bits per heavy atom. The van der Waals surface area contributed by atoms with E-state index in [4.69, 9.17) is 4.74 Å².